The Morgan fingerprint density at radius 2 is 1.78 bits per heavy atom. The summed E-state index contributed by atoms with van der Waals surface area (Å²) in [7, 11) is 3.23. The van der Waals surface area contributed by atoms with Crippen LogP contribution in [-0.2, 0) is 9.53 Å². The maximum atomic E-state index is 12.3. The van der Waals surface area contributed by atoms with Crippen LogP contribution in [0.15, 0.2) is 24.3 Å². The van der Waals surface area contributed by atoms with E-state index in [0.717, 1.165) is 37.1 Å². The molecule has 0 heterocycles. The third kappa shape index (κ3) is 2.48. The first-order valence-electron chi connectivity index (χ1n) is 6.21. The second-order valence-electron chi connectivity index (χ2n) is 4.59. The summed E-state index contributed by atoms with van der Waals surface area (Å²) in [6.07, 6.45) is 3.69. The summed E-state index contributed by atoms with van der Waals surface area (Å²) in [5.41, 5.74) is 0.129. The lowest BCUT2D eigenvalue weighted by atomic mass is 10.0. The van der Waals surface area contributed by atoms with Crippen LogP contribution in [0.1, 0.15) is 25.7 Å². The molecular formula is C14H19NO3. The summed E-state index contributed by atoms with van der Waals surface area (Å²) in [6.45, 7) is 0. The summed E-state index contributed by atoms with van der Waals surface area (Å²) in [6, 6.07) is 7.30. The van der Waals surface area contributed by atoms with Gasteiger partial charge in [0.2, 0.25) is 0 Å². The summed E-state index contributed by atoms with van der Waals surface area (Å²) in [4.78, 5) is 12.3. The molecule has 18 heavy (non-hydrogen) atoms. The quantitative estimate of drug-likeness (QED) is 0.892. The number of ether oxygens (including phenoxy) is 2. The Labute approximate surface area is 107 Å². The predicted molar refractivity (Wildman–Crippen MR) is 69.8 cm³/mol. The normalized spacial score (nSPS) is 17.4. The highest BCUT2D eigenvalue weighted by molar-refractivity contribution is 5.97. The molecule has 0 bridgehead atoms. The number of anilines is 1. The molecule has 0 spiro atoms. The number of nitrogens with one attached hydrogen (secondary N) is 1. The van der Waals surface area contributed by atoms with E-state index in [4.69, 9.17) is 9.47 Å². The lowest BCUT2D eigenvalue weighted by Crippen LogP contribution is -2.42. The molecule has 1 aliphatic carbocycles. The summed E-state index contributed by atoms with van der Waals surface area (Å²) in [5.74, 6) is 0.725. The van der Waals surface area contributed by atoms with Crippen molar-refractivity contribution in [3.8, 4) is 5.75 Å². The van der Waals surface area contributed by atoms with Gasteiger partial charge in [-0.1, -0.05) is 0 Å². The van der Waals surface area contributed by atoms with Gasteiger partial charge in [0.05, 0.1) is 7.11 Å². The van der Waals surface area contributed by atoms with Crippen LogP contribution in [-0.4, -0.2) is 25.7 Å². The SMILES string of the molecule is COc1ccc(NC(=O)C2(OC)CCCC2)cc1. The van der Waals surface area contributed by atoms with Gasteiger partial charge in [-0.3, -0.25) is 4.79 Å². The minimum atomic E-state index is -0.639. The molecule has 0 aromatic heterocycles. The summed E-state index contributed by atoms with van der Waals surface area (Å²) < 4.78 is 10.5. The van der Waals surface area contributed by atoms with Crippen molar-refractivity contribution >= 4 is 11.6 Å². The fourth-order valence-corrected chi connectivity index (χ4v) is 2.39. The fourth-order valence-electron chi connectivity index (χ4n) is 2.39. The van der Waals surface area contributed by atoms with Crippen LogP contribution >= 0.6 is 0 Å². The maximum absolute atomic E-state index is 12.3. The van der Waals surface area contributed by atoms with Crippen LogP contribution in [0.25, 0.3) is 0 Å². The van der Waals surface area contributed by atoms with Gasteiger partial charge in [0.1, 0.15) is 11.4 Å². The maximum Gasteiger partial charge on any atom is 0.256 e. The van der Waals surface area contributed by atoms with E-state index in [2.05, 4.69) is 5.32 Å². The third-order valence-electron chi connectivity index (χ3n) is 3.56. The molecule has 1 N–H and O–H groups in total. The first-order valence-corrected chi connectivity index (χ1v) is 6.21. The number of hydrogen-bond acceptors (Lipinski definition) is 3. The average molecular weight is 249 g/mol. The fraction of sp³-hybridized carbons (Fsp3) is 0.500. The van der Waals surface area contributed by atoms with Gasteiger partial charge in [-0.15, -0.1) is 0 Å². The minimum absolute atomic E-state index is 0.0485. The molecule has 1 aromatic carbocycles. The first-order chi connectivity index (χ1) is 8.70. The van der Waals surface area contributed by atoms with Gasteiger partial charge in [0, 0.05) is 12.8 Å². The Hall–Kier alpha value is -1.55. The Morgan fingerprint density at radius 3 is 2.28 bits per heavy atom. The van der Waals surface area contributed by atoms with Gasteiger partial charge in [0.15, 0.2) is 0 Å². The zero-order chi connectivity index (χ0) is 13.0. The zero-order valence-corrected chi connectivity index (χ0v) is 10.9. The zero-order valence-electron chi connectivity index (χ0n) is 10.9. The summed E-state index contributed by atoms with van der Waals surface area (Å²) >= 11 is 0. The minimum Gasteiger partial charge on any atom is -0.497 e. The highest BCUT2D eigenvalue weighted by atomic mass is 16.5. The molecule has 0 radical (unpaired) electrons. The molecule has 1 aliphatic rings. The molecule has 0 atom stereocenters. The topological polar surface area (TPSA) is 47.6 Å². The molecule has 1 saturated carbocycles. The molecule has 4 heteroatoms. The van der Waals surface area contributed by atoms with E-state index in [1.165, 1.54) is 0 Å². The van der Waals surface area contributed by atoms with Crippen molar-refractivity contribution in [2.45, 2.75) is 31.3 Å². The Bertz CT molecular complexity index is 408. The number of rotatable bonds is 4. The molecule has 0 unspecified atom stereocenters. The second-order valence-corrected chi connectivity index (χ2v) is 4.59. The third-order valence-corrected chi connectivity index (χ3v) is 3.56. The number of hydrogen-bond donors (Lipinski definition) is 1. The standard InChI is InChI=1S/C14H19NO3/c1-17-12-7-5-11(6-8-12)15-13(16)14(18-2)9-3-4-10-14/h5-8H,3-4,9-10H2,1-2H3,(H,15,16). The monoisotopic (exact) mass is 249 g/mol. The highest BCUT2D eigenvalue weighted by Crippen LogP contribution is 2.33. The Balaban J connectivity index is 2.05. The highest BCUT2D eigenvalue weighted by Gasteiger charge is 2.41. The van der Waals surface area contributed by atoms with E-state index >= 15 is 0 Å². The van der Waals surface area contributed by atoms with Crippen molar-refractivity contribution in [1.29, 1.82) is 0 Å². The number of amides is 1. The lowest BCUT2D eigenvalue weighted by molar-refractivity contribution is -0.136. The van der Waals surface area contributed by atoms with Gasteiger partial charge < -0.3 is 14.8 Å². The van der Waals surface area contributed by atoms with Crippen molar-refractivity contribution in [2.24, 2.45) is 0 Å². The molecule has 1 aromatic rings. The van der Waals surface area contributed by atoms with Crippen molar-refractivity contribution < 1.29 is 14.3 Å². The summed E-state index contributed by atoms with van der Waals surface area (Å²) in [5, 5.41) is 2.91. The number of carbonyl (C=O) groups is 1. The molecule has 98 valence electrons. The van der Waals surface area contributed by atoms with Crippen LogP contribution in [0.2, 0.25) is 0 Å². The largest absolute Gasteiger partial charge is 0.497 e. The number of methoxy groups -OCH3 is 2. The van der Waals surface area contributed by atoms with Crippen molar-refractivity contribution in [3.63, 3.8) is 0 Å². The van der Waals surface area contributed by atoms with Gasteiger partial charge >= 0.3 is 0 Å². The van der Waals surface area contributed by atoms with E-state index in [-0.39, 0.29) is 5.91 Å². The van der Waals surface area contributed by atoms with Crippen LogP contribution in [0.4, 0.5) is 5.69 Å². The van der Waals surface area contributed by atoms with Crippen molar-refractivity contribution in [2.75, 3.05) is 19.5 Å². The van der Waals surface area contributed by atoms with Crippen molar-refractivity contribution in [3.05, 3.63) is 24.3 Å². The van der Waals surface area contributed by atoms with Crippen molar-refractivity contribution in [1.82, 2.24) is 0 Å². The first kappa shape index (κ1) is 12.9. The van der Waals surface area contributed by atoms with Gasteiger partial charge in [-0.05, 0) is 49.9 Å². The second kappa shape index (κ2) is 5.40. The van der Waals surface area contributed by atoms with Gasteiger partial charge in [0.25, 0.3) is 5.91 Å². The van der Waals surface area contributed by atoms with Gasteiger partial charge in [-0.2, -0.15) is 0 Å². The molecule has 2 rings (SSSR count). The van der Waals surface area contributed by atoms with Gasteiger partial charge in [-0.25, -0.2) is 0 Å². The predicted octanol–water partition coefficient (Wildman–Crippen LogP) is 2.59. The van der Waals surface area contributed by atoms with E-state index in [0.29, 0.717) is 0 Å². The molecule has 0 saturated heterocycles. The number of benzene rings is 1. The molecule has 1 fully saturated rings. The van der Waals surface area contributed by atoms with Crippen LogP contribution in [0.5, 0.6) is 5.75 Å². The van der Waals surface area contributed by atoms with Crippen LogP contribution in [0.3, 0.4) is 0 Å². The number of carbonyl (C=O) groups excluding carboxylic acids is 1. The average Bonchev–Trinajstić information content (AvgIpc) is 2.89. The van der Waals surface area contributed by atoms with E-state index in [1.54, 1.807) is 14.2 Å². The van der Waals surface area contributed by atoms with Crippen LogP contribution < -0.4 is 10.1 Å². The molecule has 1 amide bonds. The van der Waals surface area contributed by atoms with Crippen LogP contribution in [0, 0.1) is 0 Å². The van der Waals surface area contributed by atoms with E-state index < -0.39 is 5.60 Å². The van der Waals surface area contributed by atoms with E-state index in [1.807, 2.05) is 24.3 Å². The lowest BCUT2D eigenvalue weighted by Gasteiger charge is -2.25. The Morgan fingerprint density at radius 1 is 1.17 bits per heavy atom. The Kier molecular flexibility index (Phi) is 3.87. The molecular weight excluding hydrogens is 230 g/mol. The molecule has 4 nitrogen and oxygen atoms in total. The van der Waals surface area contributed by atoms with E-state index in [9.17, 15) is 4.79 Å². The smallest absolute Gasteiger partial charge is 0.256 e. The molecule has 0 aliphatic heterocycles.